The number of hydrogen-bond donors (Lipinski definition) is 2. The van der Waals surface area contributed by atoms with Gasteiger partial charge in [-0.15, -0.1) is 0 Å². The van der Waals surface area contributed by atoms with E-state index in [0.717, 1.165) is 10.5 Å². The first kappa shape index (κ1) is 24.4. The average Bonchev–Trinajstić information content (AvgIpc) is 3.22. The van der Waals surface area contributed by atoms with Crippen molar-refractivity contribution in [2.24, 2.45) is 5.16 Å². The van der Waals surface area contributed by atoms with Gasteiger partial charge in [0.25, 0.3) is 5.91 Å². The molecular weight excluding hydrogens is 473 g/mol. The summed E-state index contributed by atoms with van der Waals surface area (Å²) in [5.74, 6) is -0.724. The quantitative estimate of drug-likeness (QED) is 0.325. The zero-order valence-electron chi connectivity index (χ0n) is 17.4. The molecule has 2 aromatic heterocycles. The molecular formula is C20H20FN5O5S2. The van der Waals surface area contributed by atoms with Crippen LogP contribution in [0.2, 0.25) is 0 Å². The van der Waals surface area contributed by atoms with Crippen molar-refractivity contribution in [3.63, 3.8) is 0 Å². The Morgan fingerprint density at radius 1 is 1.24 bits per heavy atom. The highest BCUT2D eigenvalue weighted by Crippen LogP contribution is 2.18. The second-order valence-electron chi connectivity index (χ2n) is 6.53. The van der Waals surface area contributed by atoms with Gasteiger partial charge in [-0.1, -0.05) is 34.7 Å². The molecule has 10 nitrogen and oxygen atoms in total. The number of hydrogen-bond acceptors (Lipinski definition) is 9. The third kappa shape index (κ3) is 6.38. The van der Waals surface area contributed by atoms with Crippen LogP contribution in [0.4, 0.5) is 9.52 Å². The molecule has 0 fully saturated rings. The molecule has 2 N–H and O–H groups in total. The van der Waals surface area contributed by atoms with E-state index in [2.05, 4.69) is 20.4 Å². The number of pyridine rings is 1. The lowest BCUT2D eigenvalue weighted by molar-refractivity contribution is -0.110. The highest BCUT2D eigenvalue weighted by atomic mass is 32.2. The number of aliphatic hydroxyl groups excluding tert-OH is 1. The summed E-state index contributed by atoms with van der Waals surface area (Å²) in [7, 11) is -2.47. The Bertz CT molecular complexity index is 1220. The molecule has 3 aromatic rings. The van der Waals surface area contributed by atoms with Crippen LogP contribution in [-0.2, 0) is 26.3 Å². The van der Waals surface area contributed by atoms with E-state index in [1.165, 1.54) is 31.3 Å². The second-order valence-corrected chi connectivity index (χ2v) is 9.56. The fraction of sp³-hybridized carbons (Fsp3) is 0.200. The Balaban J connectivity index is 1.86. The van der Waals surface area contributed by atoms with Crippen molar-refractivity contribution in [2.45, 2.75) is 11.5 Å². The van der Waals surface area contributed by atoms with Gasteiger partial charge in [0.1, 0.15) is 0 Å². The standard InChI is InChI=1S/C20H20FN5O5S2/c1-26(10-11-27)33(29,30)16-7-5-14(6-8-16)18(19(28)24-20-23-12-17(21)32-20)25-31-13-15-4-2-3-9-22-15/h2-9,12,27H,10-11,13H2,1H3,(H,23,24,28). The highest BCUT2D eigenvalue weighted by molar-refractivity contribution is 7.89. The number of amides is 1. The van der Waals surface area contributed by atoms with Gasteiger partial charge in [0.2, 0.25) is 10.0 Å². The number of aromatic nitrogens is 2. The van der Waals surface area contributed by atoms with Crippen molar-refractivity contribution in [1.29, 1.82) is 0 Å². The average molecular weight is 494 g/mol. The van der Waals surface area contributed by atoms with Gasteiger partial charge in [0.05, 0.1) is 23.4 Å². The topological polar surface area (TPSA) is 134 Å². The number of benzene rings is 1. The van der Waals surface area contributed by atoms with Gasteiger partial charge in [-0.2, -0.15) is 8.70 Å². The molecule has 0 aliphatic carbocycles. The summed E-state index contributed by atoms with van der Waals surface area (Å²) in [4.78, 5) is 25.9. The van der Waals surface area contributed by atoms with Crippen LogP contribution < -0.4 is 5.32 Å². The number of nitrogens with one attached hydrogen (secondary N) is 1. The van der Waals surface area contributed by atoms with E-state index in [0.29, 0.717) is 17.0 Å². The van der Waals surface area contributed by atoms with Crippen molar-refractivity contribution >= 4 is 38.1 Å². The molecule has 174 valence electrons. The minimum Gasteiger partial charge on any atom is -0.395 e. The van der Waals surface area contributed by atoms with Crippen molar-refractivity contribution < 1.29 is 27.5 Å². The molecule has 0 aliphatic rings. The maximum Gasteiger partial charge on any atom is 0.280 e. The molecule has 0 bridgehead atoms. The van der Waals surface area contributed by atoms with Gasteiger partial charge in [-0.05, 0) is 24.3 Å². The summed E-state index contributed by atoms with van der Waals surface area (Å²) in [5, 5.41) is 14.8. The molecule has 3 rings (SSSR count). The smallest absolute Gasteiger partial charge is 0.280 e. The normalized spacial score (nSPS) is 12.1. The van der Waals surface area contributed by atoms with E-state index in [4.69, 9.17) is 9.94 Å². The first-order valence-corrected chi connectivity index (χ1v) is 11.8. The van der Waals surface area contributed by atoms with E-state index in [1.54, 1.807) is 24.4 Å². The van der Waals surface area contributed by atoms with E-state index in [-0.39, 0.29) is 41.1 Å². The second kappa shape index (κ2) is 11.0. The number of rotatable bonds is 10. The predicted molar refractivity (Wildman–Crippen MR) is 120 cm³/mol. The van der Waals surface area contributed by atoms with Crippen LogP contribution in [0.1, 0.15) is 11.3 Å². The molecule has 33 heavy (non-hydrogen) atoms. The van der Waals surface area contributed by atoms with Crippen LogP contribution in [-0.4, -0.2) is 59.6 Å². The summed E-state index contributed by atoms with van der Waals surface area (Å²) in [6.45, 7) is -0.400. The summed E-state index contributed by atoms with van der Waals surface area (Å²) in [5.41, 5.74) is 0.667. The van der Waals surface area contributed by atoms with Crippen LogP contribution in [0.15, 0.2) is 64.9 Å². The first-order chi connectivity index (χ1) is 15.8. The molecule has 0 spiro atoms. The molecule has 1 aromatic carbocycles. The Morgan fingerprint density at radius 3 is 2.61 bits per heavy atom. The van der Waals surface area contributed by atoms with Gasteiger partial charge in [0.15, 0.2) is 22.6 Å². The highest BCUT2D eigenvalue weighted by Gasteiger charge is 2.22. The van der Waals surface area contributed by atoms with Gasteiger partial charge in [-0.25, -0.2) is 13.4 Å². The third-order valence-corrected chi connectivity index (χ3v) is 6.83. The van der Waals surface area contributed by atoms with E-state index in [1.807, 2.05) is 0 Å². The number of carbonyl (C=O) groups is 1. The predicted octanol–water partition coefficient (Wildman–Crippen LogP) is 1.85. The summed E-state index contributed by atoms with van der Waals surface area (Å²) in [6, 6.07) is 10.6. The number of halogens is 1. The molecule has 0 saturated carbocycles. The van der Waals surface area contributed by atoms with E-state index < -0.39 is 21.1 Å². The third-order valence-electron chi connectivity index (χ3n) is 4.26. The van der Waals surface area contributed by atoms with Crippen LogP contribution in [0, 0.1) is 5.13 Å². The number of thiazole rings is 1. The maximum atomic E-state index is 13.2. The number of aliphatic hydroxyl groups is 1. The fourth-order valence-electron chi connectivity index (χ4n) is 2.57. The van der Waals surface area contributed by atoms with Gasteiger partial charge in [0, 0.05) is 25.4 Å². The van der Waals surface area contributed by atoms with Crippen LogP contribution in [0.5, 0.6) is 0 Å². The lowest BCUT2D eigenvalue weighted by atomic mass is 10.1. The van der Waals surface area contributed by atoms with Crippen molar-refractivity contribution in [2.75, 3.05) is 25.5 Å². The van der Waals surface area contributed by atoms with Crippen LogP contribution in [0.3, 0.4) is 0 Å². The Labute approximate surface area is 193 Å². The van der Waals surface area contributed by atoms with Gasteiger partial charge >= 0.3 is 0 Å². The zero-order chi connectivity index (χ0) is 23.8. The molecule has 0 radical (unpaired) electrons. The van der Waals surface area contributed by atoms with Crippen molar-refractivity contribution in [3.05, 3.63) is 71.2 Å². The lowest BCUT2D eigenvalue weighted by Crippen LogP contribution is -2.29. The summed E-state index contributed by atoms with van der Waals surface area (Å²) in [6.07, 6.45) is 2.55. The molecule has 13 heteroatoms. The maximum absolute atomic E-state index is 13.2. The number of carbonyl (C=O) groups excluding carboxylic acids is 1. The van der Waals surface area contributed by atoms with Gasteiger partial charge in [-0.3, -0.25) is 15.1 Å². The number of likely N-dealkylation sites (N-methyl/N-ethyl adjacent to an activating group) is 1. The summed E-state index contributed by atoms with van der Waals surface area (Å²) >= 11 is 0.642. The van der Waals surface area contributed by atoms with Gasteiger partial charge < -0.3 is 9.94 Å². The molecule has 2 heterocycles. The van der Waals surface area contributed by atoms with Crippen LogP contribution in [0.25, 0.3) is 0 Å². The molecule has 0 aliphatic heterocycles. The Kier molecular flexibility index (Phi) is 8.16. The molecule has 1 amide bonds. The monoisotopic (exact) mass is 493 g/mol. The molecule has 0 atom stereocenters. The Hall–Kier alpha value is -3.26. The minimum atomic E-state index is -3.82. The lowest BCUT2D eigenvalue weighted by Gasteiger charge is -2.16. The summed E-state index contributed by atoms with van der Waals surface area (Å²) < 4.78 is 39.3. The molecule has 0 saturated heterocycles. The number of anilines is 1. The van der Waals surface area contributed by atoms with Crippen molar-refractivity contribution in [3.8, 4) is 0 Å². The zero-order valence-corrected chi connectivity index (χ0v) is 19.0. The fourth-order valence-corrected chi connectivity index (χ4v) is 4.27. The van der Waals surface area contributed by atoms with E-state index >= 15 is 0 Å². The van der Waals surface area contributed by atoms with Crippen molar-refractivity contribution in [1.82, 2.24) is 14.3 Å². The van der Waals surface area contributed by atoms with Crippen LogP contribution >= 0.6 is 11.3 Å². The largest absolute Gasteiger partial charge is 0.395 e. The number of oxime groups is 1. The SMILES string of the molecule is CN(CCO)S(=O)(=O)c1ccc(C(=NOCc2ccccn2)C(=O)Nc2ncc(F)s2)cc1. The first-order valence-electron chi connectivity index (χ1n) is 9.51. The number of sulfonamides is 1. The number of nitrogens with zero attached hydrogens (tertiary/aromatic N) is 4. The minimum absolute atomic E-state index is 0.0120. The Morgan fingerprint density at radius 2 is 2.00 bits per heavy atom. The molecule has 0 unspecified atom stereocenters. The van der Waals surface area contributed by atoms with E-state index in [9.17, 15) is 17.6 Å².